The van der Waals surface area contributed by atoms with E-state index in [9.17, 15) is 0 Å². The number of hydrogen-bond acceptors (Lipinski definition) is 0. The first-order valence-corrected chi connectivity index (χ1v) is 2.89. The van der Waals surface area contributed by atoms with Gasteiger partial charge in [0.25, 0.3) is 0 Å². The van der Waals surface area contributed by atoms with Crippen molar-refractivity contribution in [2.75, 3.05) is 0 Å². The molecule has 0 heterocycles. The molecule has 1 aliphatic carbocycles. The molecule has 0 aromatic rings. The normalized spacial score (nSPS) is 15.9. The second-order valence-corrected chi connectivity index (χ2v) is 1.68. The van der Waals surface area contributed by atoms with Crippen molar-refractivity contribution in [3.63, 3.8) is 0 Å². The van der Waals surface area contributed by atoms with E-state index in [2.05, 4.69) is 6.92 Å². The highest BCUT2D eigenvalue weighted by Crippen LogP contribution is 2.26. The zero-order chi connectivity index (χ0) is 4.99. The lowest BCUT2D eigenvalue weighted by Crippen LogP contribution is -1.42. The molecule has 1 heteroatoms. The largest absolute Gasteiger partial charge is 0.269 e. The second kappa shape index (κ2) is 5.93. The minimum absolute atomic E-state index is 0. The van der Waals surface area contributed by atoms with Gasteiger partial charge in [0.1, 0.15) is 0 Å². The minimum atomic E-state index is 0. The zero-order valence-corrected chi connectivity index (χ0v) is 5.40. The van der Waals surface area contributed by atoms with Crippen LogP contribution in [0.25, 0.3) is 0 Å². The molecular weight excluding hydrogens is 91.1 g/mol. The molecule has 0 aliphatic heterocycles. The van der Waals surface area contributed by atoms with E-state index in [1.165, 1.54) is 12.8 Å². The van der Waals surface area contributed by atoms with Crippen molar-refractivity contribution in [1.82, 2.24) is 0 Å². The molecule has 1 aliphatic rings. The van der Waals surface area contributed by atoms with Crippen LogP contribution in [0, 0.1) is 5.92 Å². The molecule has 7 heavy (non-hydrogen) atoms. The van der Waals surface area contributed by atoms with Gasteiger partial charge in [0, 0.05) is 0 Å². The molecule has 0 bridgehead atoms. The fourth-order valence-corrected chi connectivity index (χ4v) is 0.167. The Morgan fingerprint density at radius 3 is 1.29 bits per heavy atom. The Kier molecular flexibility index (Phi) is 8.49. The predicted molar refractivity (Wildman–Crippen MR) is 32.2 cm³/mol. The molecule has 0 atom stereocenters. The smallest absolute Gasteiger partial charge is 0.0443 e. The Bertz CT molecular complexity index is 23.4. The number of rotatable bonds is 0. The van der Waals surface area contributed by atoms with Gasteiger partial charge in [-0.3, -0.25) is 4.70 Å². The van der Waals surface area contributed by atoms with Crippen molar-refractivity contribution in [2.24, 2.45) is 5.92 Å². The van der Waals surface area contributed by atoms with E-state index in [-0.39, 0.29) is 4.70 Å². The van der Waals surface area contributed by atoms with E-state index in [1.807, 2.05) is 13.8 Å². The average molecular weight is 106 g/mol. The molecule has 0 aromatic carbocycles. The first-order valence-electron chi connectivity index (χ1n) is 2.89. The third kappa shape index (κ3) is 10.7. The molecular formula is C6H15F. The van der Waals surface area contributed by atoms with Gasteiger partial charge in [0.2, 0.25) is 0 Å². The first kappa shape index (κ1) is 10.0. The lowest BCUT2D eigenvalue weighted by atomic mass is 10.5. The molecule has 1 fully saturated rings. The number of halogens is 1. The van der Waals surface area contributed by atoms with Crippen LogP contribution in [0.15, 0.2) is 0 Å². The van der Waals surface area contributed by atoms with Crippen LogP contribution in [0.3, 0.4) is 0 Å². The maximum absolute atomic E-state index is 2.28. The van der Waals surface area contributed by atoms with Gasteiger partial charge in [-0.15, -0.1) is 0 Å². The first-order chi connectivity index (χ1) is 2.89. The summed E-state index contributed by atoms with van der Waals surface area (Å²) in [5, 5.41) is 0. The van der Waals surface area contributed by atoms with E-state index in [0.29, 0.717) is 0 Å². The number of hydrogen-bond donors (Lipinski definition) is 0. The molecule has 0 spiro atoms. The molecule has 1 saturated carbocycles. The van der Waals surface area contributed by atoms with Gasteiger partial charge in [-0.1, -0.05) is 33.6 Å². The topological polar surface area (TPSA) is 0 Å². The molecule has 0 amide bonds. The zero-order valence-electron chi connectivity index (χ0n) is 5.40. The van der Waals surface area contributed by atoms with Crippen LogP contribution in [0.5, 0.6) is 0 Å². The Morgan fingerprint density at radius 1 is 1.14 bits per heavy atom. The fraction of sp³-hybridized carbons (Fsp3) is 1.00. The summed E-state index contributed by atoms with van der Waals surface area (Å²) in [5.41, 5.74) is 0. The van der Waals surface area contributed by atoms with Gasteiger partial charge < -0.3 is 0 Å². The van der Waals surface area contributed by atoms with E-state index in [1.54, 1.807) is 0 Å². The maximum atomic E-state index is 2.28. The average Bonchev–Trinajstić information content (AvgIpc) is 2.30. The Hall–Kier alpha value is -0.0700. The van der Waals surface area contributed by atoms with Crippen LogP contribution in [-0.4, -0.2) is 0 Å². The predicted octanol–water partition coefficient (Wildman–Crippen LogP) is 2.60. The summed E-state index contributed by atoms with van der Waals surface area (Å²) in [6.07, 6.45) is 2.97. The van der Waals surface area contributed by atoms with Crippen LogP contribution in [0.4, 0.5) is 4.70 Å². The van der Waals surface area contributed by atoms with Gasteiger partial charge in [-0.2, -0.15) is 0 Å². The van der Waals surface area contributed by atoms with E-state index >= 15 is 0 Å². The highest BCUT2D eigenvalue weighted by atomic mass is 19.0. The lowest BCUT2D eigenvalue weighted by Gasteiger charge is -1.53. The van der Waals surface area contributed by atoms with Gasteiger partial charge in [-0.05, 0) is 5.92 Å². The van der Waals surface area contributed by atoms with Crippen molar-refractivity contribution in [1.29, 1.82) is 0 Å². The van der Waals surface area contributed by atoms with Crippen molar-refractivity contribution >= 4 is 0 Å². The van der Waals surface area contributed by atoms with Gasteiger partial charge in [0.15, 0.2) is 0 Å². The summed E-state index contributed by atoms with van der Waals surface area (Å²) in [6, 6.07) is 0. The summed E-state index contributed by atoms with van der Waals surface area (Å²) in [4.78, 5) is 0. The molecule has 0 unspecified atom stereocenters. The molecule has 0 radical (unpaired) electrons. The fourth-order valence-electron chi connectivity index (χ4n) is 0.167. The molecule has 46 valence electrons. The summed E-state index contributed by atoms with van der Waals surface area (Å²) in [7, 11) is 0. The van der Waals surface area contributed by atoms with Crippen LogP contribution in [0.2, 0.25) is 0 Å². The Morgan fingerprint density at radius 2 is 1.29 bits per heavy atom. The van der Waals surface area contributed by atoms with Crippen LogP contribution in [0.1, 0.15) is 33.6 Å². The summed E-state index contributed by atoms with van der Waals surface area (Å²) in [6.45, 7) is 6.28. The Labute approximate surface area is 45.3 Å². The van der Waals surface area contributed by atoms with Gasteiger partial charge in [0.05, 0.1) is 0 Å². The monoisotopic (exact) mass is 106 g/mol. The van der Waals surface area contributed by atoms with Gasteiger partial charge in [-0.25, -0.2) is 0 Å². The third-order valence-corrected chi connectivity index (χ3v) is 0.866. The van der Waals surface area contributed by atoms with Crippen LogP contribution in [-0.2, 0) is 0 Å². The molecule has 1 rings (SSSR count). The molecule has 0 saturated heterocycles. The standard InChI is InChI=1S/C4H8.C2H6.FH/c1-4-2-3-4;1-2;/h4H,2-3H2,1H3;1-2H3;1H. The van der Waals surface area contributed by atoms with Crippen molar-refractivity contribution in [2.45, 2.75) is 33.6 Å². The summed E-state index contributed by atoms with van der Waals surface area (Å²) in [5.74, 6) is 1.08. The van der Waals surface area contributed by atoms with E-state index in [0.717, 1.165) is 5.92 Å². The second-order valence-electron chi connectivity index (χ2n) is 1.68. The van der Waals surface area contributed by atoms with Gasteiger partial charge >= 0.3 is 0 Å². The van der Waals surface area contributed by atoms with Crippen molar-refractivity contribution < 1.29 is 4.70 Å². The third-order valence-electron chi connectivity index (χ3n) is 0.866. The van der Waals surface area contributed by atoms with Crippen molar-refractivity contribution in [3.05, 3.63) is 0 Å². The summed E-state index contributed by atoms with van der Waals surface area (Å²) < 4.78 is 0. The highest BCUT2D eigenvalue weighted by molar-refractivity contribution is 4.65. The Balaban J connectivity index is 0. The summed E-state index contributed by atoms with van der Waals surface area (Å²) >= 11 is 0. The highest BCUT2D eigenvalue weighted by Gasteiger charge is 2.12. The SMILES string of the molecule is CC.CC1CC1.F. The lowest BCUT2D eigenvalue weighted by molar-refractivity contribution is 0.983. The van der Waals surface area contributed by atoms with Crippen LogP contribution >= 0.6 is 0 Å². The minimum Gasteiger partial charge on any atom is -0.269 e. The van der Waals surface area contributed by atoms with Crippen molar-refractivity contribution in [3.8, 4) is 0 Å². The molecule has 0 aromatic heterocycles. The van der Waals surface area contributed by atoms with Crippen LogP contribution < -0.4 is 0 Å². The molecule has 0 nitrogen and oxygen atoms in total. The van der Waals surface area contributed by atoms with E-state index in [4.69, 9.17) is 0 Å². The maximum Gasteiger partial charge on any atom is -0.0443 e. The molecule has 0 N–H and O–H groups in total. The van der Waals surface area contributed by atoms with E-state index < -0.39 is 0 Å². The quantitative estimate of drug-likeness (QED) is 0.445.